The lowest BCUT2D eigenvalue weighted by molar-refractivity contribution is -0.137. The summed E-state index contributed by atoms with van der Waals surface area (Å²) in [6, 6.07) is 4.17. The molecule has 0 unspecified atom stereocenters. The highest BCUT2D eigenvalue weighted by atomic mass is 19.4. The van der Waals surface area contributed by atoms with Crippen molar-refractivity contribution in [2.75, 3.05) is 0 Å². The molecule has 1 aromatic rings. The van der Waals surface area contributed by atoms with E-state index >= 15 is 0 Å². The number of hydrogen-bond acceptors (Lipinski definition) is 1. The van der Waals surface area contributed by atoms with Crippen LogP contribution in [-0.2, 0) is 6.18 Å². The maximum Gasteiger partial charge on any atom is 0.416 e. The molecular weight excluding hydrogens is 243 g/mol. The summed E-state index contributed by atoms with van der Waals surface area (Å²) in [5.74, 6) is -0.0895. The highest BCUT2D eigenvalue weighted by Gasteiger charge is 2.30. The molecule has 100 valence electrons. The van der Waals surface area contributed by atoms with Crippen LogP contribution in [0.3, 0.4) is 0 Å². The van der Waals surface area contributed by atoms with Gasteiger partial charge in [-0.3, -0.25) is 4.79 Å². The lowest BCUT2D eigenvalue weighted by Crippen LogP contribution is -2.36. The Kier molecular flexibility index (Phi) is 4.38. The van der Waals surface area contributed by atoms with Gasteiger partial charge in [-0.15, -0.1) is 0 Å². The smallest absolute Gasteiger partial charge is 0.349 e. The Hall–Kier alpha value is -1.52. The first-order chi connectivity index (χ1) is 8.21. The van der Waals surface area contributed by atoms with Gasteiger partial charge in [-0.2, -0.15) is 13.2 Å². The van der Waals surface area contributed by atoms with Crippen LogP contribution in [-0.4, -0.2) is 11.9 Å². The largest absolute Gasteiger partial charge is 0.416 e. The molecule has 18 heavy (non-hydrogen) atoms. The molecule has 1 atom stereocenters. The molecule has 0 heterocycles. The fourth-order valence-electron chi connectivity index (χ4n) is 1.27. The zero-order valence-electron chi connectivity index (χ0n) is 10.5. The van der Waals surface area contributed by atoms with Crippen molar-refractivity contribution in [1.29, 1.82) is 0 Å². The molecule has 0 spiro atoms. The predicted octanol–water partition coefficient (Wildman–Crippen LogP) is 3.48. The predicted molar refractivity (Wildman–Crippen MR) is 63.2 cm³/mol. The number of halogens is 3. The normalized spacial score (nSPS) is 13.5. The number of carbonyl (C=O) groups excluding carboxylic acids is 1. The van der Waals surface area contributed by atoms with Crippen molar-refractivity contribution < 1.29 is 18.0 Å². The minimum absolute atomic E-state index is 0.0280. The monoisotopic (exact) mass is 259 g/mol. The van der Waals surface area contributed by atoms with Gasteiger partial charge in [0.25, 0.3) is 5.91 Å². The van der Waals surface area contributed by atoms with Crippen molar-refractivity contribution in [2.24, 2.45) is 5.92 Å². The van der Waals surface area contributed by atoms with Crippen LogP contribution < -0.4 is 5.32 Å². The Balaban J connectivity index is 2.77. The molecule has 0 saturated carbocycles. The van der Waals surface area contributed by atoms with E-state index in [1.165, 1.54) is 12.1 Å². The van der Waals surface area contributed by atoms with Gasteiger partial charge in [0.2, 0.25) is 0 Å². The van der Waals surface area contributed by atoms with E-state index in [-0.39, 0.29) is 23.4 Å². The summed E-state index contributed by atoms with van der Waals surface area (Å²) >= 11 is 0. The van der Waals surface area contributed by atoms with Gasteiger partial charge in [-0.1, -0.05) is 13.8 Å². The van der Waals surface area contributed by atoms with Gasteiger partial charge in [0.15, 0.2) is 0 Å². The van der Waals surface area contributed by atoms with Crippen LogP contribution >= 0.6 is 0 Å². The molecule has 0 saturated heterocycles. The quantitative estimate of drug-likeness (QED) is 0.884. The number of nitrogens with one attached hydrogen (secondary N) is 1. The molecule has 2 nitrogen and oxygen atoms in total. The van der Waals surface area contributed by atoms with Crippen molar-refractivity contribution >= 4 is 5.91 Å². The molecule has 1 aromatic carbocycles. The first kappa shape index (κ1) is 14.5. The van der Waals surface area contributed by atoms with Gasteiger partial charge >= 0.3 is 6.18 Å². The number of rotatable bonds is 3. The first-order valence-corrected chi connectivity index (χ1v) is 5.70. The summed E-state index contributed by atoms with van der Waals surface area (Å²) in [7, 11) is 0. The second kappa shape index (κ2) is 5.42. The second-order valence-electron chi connectivity index (χ2n) is 4.58. The Bertz CT molecular complexity index is 409. The van der Waals surface area contributed by atoms with Crippen LogP contribution in [0.4, 0.5) is 13.2 Å². The highest BCUT2D eigenvalue weighted by molar-refractivity contribution is 5.94. The van der Waals surface area contributed by atoms with Crippen molar-refractivity contribution in [3.8, 4) is 0 Å². The molecule has 0 fully saturated rings. The molecule has 1 N–H and O–H groups in total. The van der Waals surface area contributed by atoms with Crippen molar-refractivity contribution in [3.05, 3.63) is 35.4 Å². The number of hydrogen-bond donors (Lipinski definition) is 1. The Morgan fingerprint density at radius 3 is 2.00 bits per heavy atom. The molecule has 0 aromatic heterocycles. The Morgan fingerprint density at radius 2 is 1.61 bits per heavy atom. The molecule has 0 aliphatic carbocycles. The molecule has 1 amide bonds. The summed E-state index contributed by atoms with van der Waals surface area (Å²) in [6.07, 6.45) is -4.37. The molecule has 5 heteroatoms. The van der Waals surface area contributed by atoms with E-state index in [0.717, 1.165) is 12.1 Å². The van der Waals surface area contributed by atoms with Crippen LogP contribution in [0.25, 0.3) is 0 Å². The van der Waals surface area contributed by atoms with Gasteiger partial charge in [0, 0.05) is 11.6 Å². The van der Waals surface area contributed by atoms with Crippen LogP contribution in [0.5, 0.6) is 0 Å². The summed E-state index contributed by atoms with van der Waals surface area (Å²) in [4.78, 5) is 11.7. The van der Waals surface area contributed by atoms with Crippen LogP contribution in [0.15, 0.2) is 24.3 Å². The topological polar surface area (TPSA) is 29.1 Å². The van der Waals surface area contributed by atoms with E-state index in [1.807, 2.05) is 20.8 Å². The summed E-state index contributed by atoms with van der Waals surface area (Å²) < 4.78 is 37.0. The zero-order chi connectivity index (χ0) is 13.9. The SMILES string of the molecule is CC(C)[C@@H](C)NC(=O)c1ccc(C(F)(F)F)cc1. The number of alkyl halides is 3. The molecule has 0 radical (unpaired) electrons. The third kappa shape index (κ3) is 3.75. The van der Waals surface area contributed by atoms with E-state index in [4.69, 9.17) is 0 Å². The van der Waals surface area contributed by atoms with E-state index in [0.29, 0.717) is 0 Å². The third-order valence-electron chi connectivity index (χ3n) is 2.83. The average Bonchev–Trinajstić information content (AvgIpc) is 2.27. The third-order valence-corrected chi connectivity index (χ3v) is 2.83. The first-order valence-electron chi connectivity index (χ1n) is 5.70. The minimum atomic E-state index is -4.37. The van der Waals surface area contributed by atoms with Gasteiger partial charge in [-0.25, -0.2) is 0 Å². The number of carbonyl (C=O) groups is 1. The molecule has 0 aliphatic rings. The Labute approximate surface area is 104 Å². The van der Waals surface area contributed by atoms with Gasteiger partial charge < -0.3 is 5.32 Å². The lowest BCUT2D eigenvalue weighted by atomic mass is 10.1. The van der Waals surface area contributed by atoms with Crippen LogP contribution in [0.1, 0.15) is 36.7 Å². The van der Waals surface area contributed by atoms with E-state index in [1.54, 1.807) is 0 Å². The van der Waals surface area contributed by atoms with Crippen molar-refractivity contribution in [3.63, 3.8) is 0 Å². The second-order valence-corrected chi connectivity index (χ2v) is 4.58. The highest BCUT2D eigenvalue weighted by Crippen LogP contribution is 2.29. The van der Waals surface area contributed by atoms with Crippen molar-refractivity contribution in [2.45, 2.75) is 33.0 Å². The van der Waals surface area contributed by atoms with Gasteiger partial charge in [0.05, 0.1) is 5.56 Å². The average molecular weight is 259 g/mol. The van der Waals surface area contributed by atoms with Crippen LogP contribution in [0.2, 0.25) is 0 Å². The maximum atomic E-state index is 12.3. The lowest BCUT2D eigenvalue weighted by Gasteiger charge is -2.17. The van der Waals surface area contributed by atoms with Crippen LogP contribution in [0, 0.1) is 5.92 Å². The fourth-order valence-corrected chi connectivity index (χ4v) is 1.27. The molecule has 0 bridgehead atoms. The minimum Gasteiger partial charge on any atom is -0.349 e. The zero-order valence-corrected chi connectivity index (χ0v) is 10.5. The van der Waals surface area contributed by atoms with Gasteiger partial charge in [0.1, 0.15) is 0 Å². The number of benzene rings is 1. The number of amides is 1. The standard InChI is InChI=1S/C13H16F3NO/c1-8(2)9(3)17-12(18)10-4-6-11(7-5-10)13(14,15)16/h4-9H,1-3H3,(H,17,18)/t9-/m1/s1. The summed E-state index contributed by atoms with van der Waals surface area (Å²) in [5, 5.41) is 2.73. The summed E-state index contributed by atoms with van der Waals surface area (Å²) in [5.41, 5.74) is -0.522. The molecule has 1 rings (SSSR count). The van der Waals surface area contributed by atoms with E-state index in [2.05, 4.69) is 5.32 Å². The maximum absolute atomic E-state index is 12.3. The van der Waals surface area contributed by atoms with E-state index < -0.39 is 11.7 Å². The molecule has 0 aliphatic heterocycles. The van der Waals surface area contributed by atoms with Crippen molar-refractivity contribution in [1.82, 2.24) is 5.32 Å². The Morgan fingerprint density at radius 1 is 1.11 bits per heavy atom. The van der Waals surface area contributed by atoms with Gasteiger partial charge in [-0.05, 0) is 37.1 Å². The molecular formula is C13H16F3NO. The fraction of sp³-hybridized carbons (Fsp3) is 0.462. The van der Waals surface area contributed by atoms with E-state index in [9.17, 15) is 18.0 Å². The summed E-state index contributed by atoms with van der Waals surface area (Å²) in [6.45, 7) is 5.77.